The monoisotopic (exact) mass is 600 g/mol. The molecule has 2 heterocycles. The first-order valence-corrected chi connectivity index (χ1v) is 18.4. The molecule has 6 heteroatoms. The highest BCUT2D eigenvalue weighted by Crippen LogP contribution is 2.87. The third-order valence-electron chi connectivity index (χ3n) is 15.6. The first-order valence-electron chi connectivity index (χ1n) is 18.4. The maximum atomic E-state index is 10.6. The fourth-order valence-corrected chi connectivity index (χ4v) is 13.3. The highest BCUT2D eigenvalue weighted by molar-refractivity contribution is 5.29. The van der Waals surface area contributed by atoms with Crippen LogP contribution >= 0.6 is 0 Å². The molecule has 0 amide bonds. The van der Waals surface area contributed by atoms with Gasteiger partial charge in [-0.25, -0.2) is 0 Å². The molecule has 0 bridgehead atoms. The summed E-state index contributed by atoms with van der Waals surface area (Å²) in [6.07, 6.45) is 15.9. The zero-order chi connectivity index (χ0) is 30.6. The fourth-order valence-electron chi connectivity index (χ4n) is 13.3. The Bertz CT molecular complexity index is 1040. The molecule has 12 unspecified atom stereocenters. The van der Waals surface area contributed by atoms with Crippen molar-refractivity contribution in [1.29, 1.82) is 0 Å². The maximum absolute atomic E-state index is 10.6. The van der Waals surface area contributed by atoms with E-state index >= 15 is 0 Å². The minimum Gasteiger partial charge on any atom is -0.389 e. The standard InChI is InChI=1S/C37H64N2O4/c1-8-23(9-2)39-18-19-41-31(21-39)43-30-14-15-37-22-36(37)17-16-35(7)25-10-12-27(32(38)34(5,6)40)42-28(25)20-26(35)24(36)11-13-29(37)33(30,3)4/h23-32,40H,8-22,38H2,1-7H3. The summed E-state index contributed by atoms with van der Waals surface area (Å²) in [5, 5.41) is 10.6. The molecule has 2 spiro atoms. The molecule has 0 radical (unpaired) electrons. The predicted octanol–water partition coefficient (Wildman–Crippen LogP) is 6.52. The van der Waals surface area contributed by atoms with Gasteiger partial charge in [0, 0.05) is 19.1 Å². The molecule has 2 aliphatic heterocycles. The van der Waals surface area contributed by atoms with Crippen molar-refractivity contribution in [3.63, 3.8) is 0 Å². The van der Waals surface area contributed by atoms with Gasteiger partial charge in [-0.3, -0.25) is 4.90 Å². The largest absolute Gasteiger partial charge is 0.389 e. The molecular weight excluding hydrogens is 536 g/mol. The summed E-state index contributed by atoms with van der Waals surface area (Å²) >= 11 is 0. The Balaban J connectivity index is 1.05. The smallest absolute Gasteiger partial charge is 0.170 e. The molecule has 5 aliphatic carbocycles. The third-order valence-corrected chi connectivity index (χ3v) is 15.6. The van der Waals surface area contributed by atoms with E-state index in [1.165, 1.54) is 70.6 Å². The molecule has 12 atom stereocenters. The summed E-state index contributed by atoms with van der Waals surface area (Å²) in [7, 11) is 0. The molecule has 3 N–H and O–H groups in total. The van der Waals surface area contributed by atoms with E-state index in [9.17, 15) is 5.11 Å². The highest BCUT2D eigenvalue weighted by Gasteiger charge is 2.80. The van der Waals surface area contributed by atoms with Crippen LogP contribution in [-0.4, -0.2) is 72.0 Å². The van der Waals surface area contributed by atoms with Crippen LogP contribution in [-0.2, 0) is 14.2 Å². The van der Waals surface area contributed by atoms with Crippen molar-refractivity contribution in [2.75, 3.05) is 19.7 Å². The molecule has 0 aromatic rings. The summed E-state index contributed by atoms with van der Waals surface area (Å²) in [5.41, 5.74) is 7.28. The van der Waals surface area contributed by atoms with E-state index in [4.69, 9.17) is 19.9 Å². The second-order valence-corrected chi connectivity index (χ2v) is 17.9. The number of nitrogens with zero attached hydrogens (tertiary/aromatic N) is 1. The average molecular weight is 601 g/mol. The van der Waals surface area contributed by atoms with Crippen LogP contribution in [0, 0.1) is 45.3 Å². The van der Waals surface area contributed by atoms with Crippen molar-refractivity contribution in [1.82, 2.24) is 4.90 Å². The molecule has 7 rings (SSSR count). The molecule has 0 aromatic heterocycles. The van der Waals surface area contributed by atoms with Gasteiger partial charge in [-0.05, 0) is 136 Å². The molecule has 246 valence electrons. The van der Waals surface area contributed by atoms with Crippen LogP contribution in [0.2, 0.25) is 0 Å². The molecule has 7 aliphatic rings. The van der Waals surface area contributed by atoms with Gasteiger partial charge >= 0.3 is 0 Å². The Morgan fingerprint density at radius 2 is 1.70 bits per heavy atom. The van der Waals surface area contributed by atoms with Crippen LogP contribution in [0.3, 0.4) is 0 Å². The summed E-state index contributed by atoms with van der Waals surface area (Å²) in [6.45, 7) is 18.8. The third kappa shape index (κ3) is 4.60. The summed E-state index contributed by atoms with van der Waals surface area (Å²) in [6, 6.07) is 0.323. The molecule has 7 fully saturated rings. The van der Waals surface area contributed by atoms with E-state index in [-0.39, 0.29) is 30.0 Å². The summed E-state index contributed by atoms with van der Waals surface area (Å²) in [4.78, 5) is 2.62. The zero-order valence-corrected chi connectivity index (χ0v) is 28.6. The van der Waals surface area contributed by atoms with Crippen LogP contribution < -0.4 is 5.73 Å². The molecule has 5 saturated carbocycles. The number of fused-ring (bicyclic) bond motifs is 4. The normalized spacial score (nSPS) is 49.8. The van der Waals surface area contributed by atoms with Gasteiger partial charge in [0.25, 0.3) is 0 Å². The Morgan fingerprint density at radius 1 is 0.953 bits per heavy atom. The molecule has 0 aromatic carbocycles. The topological polar surface area (TPSA) is 77.2 Å². The van der Waals surface area contributed by atoms with Crippen LogP contribution in [0.4, 0.5) is 0 Å². The van der Waals surface area contributed by atoms with Crippen molar-refractivity contribution in [3.05, 3.63) is 0 Å². The SMILES string of the molecule is CCC(CC)N1CCOC(OC2CCC34CC35CCC3(C)C6CCC(C(N)C(C)(C)O)OC6CC3C5CCC4C2(C)C)C1. The van der Waals surface area contributed by atoms with Gasteiger partial charge in [0.15, 0.2) is 6.29 Å². The summed E-state index contributed by atoms with van der Waals surface area (Å²) < 4.78 is 20.0. The van der Waals surface area contributed by atoms with Crippen LogP contribution in [0.1, 0.15) is 126 Å². The van der Waals surface area contributed by atoms with E-state index in [0.717, 1.165) is 43.9 Å². The van der Waals surface area contributed by atoms with Crippen molar-refractivity contribution in [2.24, 2.45) is 51.1 Å². The highest BCUT2D eigenvalue weighted by atomic mass is 16.7. The lowest BCUT2D eigenvalue weighted by atomic mass is 9.46. The number of ether oxygens (including phenoxy) is 3. The Morgan fingerprint density at radius 3 is 2.42 bits per heavy atom. The van der Waals surface area contributed by atoms with Crippen LogP contribution in [0.15, 0.2) is 0 Å². The first kappa shape index (κ1) is 31.4. The van der Waals surface area contributed by atoms with Gasteiger partial charge in [-0.2, -0.15) is 0 Å². The lowest BCUT2D eigenvalue weighted by molar-refractivity contribution is -0.247. The van der Waals surface area contributed by atoms with Gasteiger partial charge in [0.1, 0.15) is 0 Å². The van der Waals surface area contributed by atoms with Gasteiger partial charge in [-0.15, -0.1) is 0 Å². The van der Waals surface area contributed by atoms with Crippen molar-refractivity contribution >= 4 is 0 Å². The lowest BCUT2D eigenvalue weighted by Gasteiger charge is -2.60. The van der Waals surface area contributed by atoms with Crippen molar-refractivity contribution in [3.8, 4) is 0 Å². The number of morpholine rings is 1. The van der Waals surface area contributed by atoms with E-state index in [1.54, 1.807) is 0 Å². The van der Waals surface area contributed by atoms with Gasteiger partial charge in [0.05, 0.1) is 36.6 Å². The molecule has 43 heavy (non-hydrogen) atoms. The average Bonchev–Trinajstić information content (AvgIpc) is 3.54. The van der Waals surface area contributed by atoms with E-state index in [1.807, 2.05) is 13.8 Å². The molecular formula is C37H64N2O4. The van der Waals surface area contributed by atoms with E-state index < -0.39 is 5.60 Å². The second kappa shape index (κ2) is 10.6. The lowest BCUT2D eigenvalue weighted by Crippen LogP contribution is -2.57. The van der Waals surface area contributed by atoms with Crippen LogP contribution in [0.5, 0.6) is 0 Å². The second-order valence-electron chi connectivity index (χ2n) is 17.9. The van der Waals surface area contributed by atoms with Gasteiger partial charge in [0.2, 0.25) is 0 Å². The van der Waals surface area contributed by atoms with E-state index in [0.29, 0.717) is 34.3 Å². The van der Waals surface area contributed by atoms with Crippen molar-refractivity contribution in [2.45, 2.75) is 168 Å². The zero-order valence-electron chi connectivity index (χ0n) is 28.6. The Hall–Kier alpha value is -0.240. The Kier molecular flexibility index (Phi) is 7.76. The van der Waals surface area contributed by atoms with Gasteiger partial charge in [-0.1, -0.05) is 34.6 Å². The minimum atomic E-state index is -0.902. The number of hydrogen-bond acceptors (Lipinski definition) is 6. The quantitative estimate of drug-likeness (QED) is 0.346. The van der Waals surface area contributed by atoms with Crippen molar-refractivity contribution < 1.29 is 19.3 Å². The van der Waals surface area contributed by atoms with E-state index in [2.05, 4.69) is 39.5 Å². The first-order chi connectivity index (χ1) is 20.3. The van der Waals surface area contributed by atoms with Crippen LogP contribution in [0.25, 0.3) is 0 Å². The summed E-state index contributed by atoms with van der Waals surface area (Å²) in [5.74, 6) is 3.04. The predicted molar refractivity (Wildman–Crippen MR) is 170 cm³/mol. The maximum Gasteiger partial charge on any atom is 0.170 e. The minimum absolute atomic E-state index is 0.0203. The Labute approximate surface area is 262 Å². The number of hydrogen-bond donors (Lipinski definition) is 2. The van der Waals surface area contributed by atoms with Gasteiger partial charge < -0.3 is 25.1 Å². The number of aliphatic hydroxyl groups is 1. The number of nitrogens with two attached hydrogens (primary N) is 1. The number of rotatable bonds is 7. The molecule has 2 saturated heterocycles. The fraction of sp³-hybridized carbons (Fsp3) is 1.00. The molecule has 6 nitrogen and oxygen atoms in total.